The molecule has 13 heavy (non-hydrogen) atoms. The molecule has 2 nitrogen and oxygen atoms in total. The first-order chi connectivity index (χ1) is 6.06. The fraction of sp³-hybridized carbons (Fsp3) is 0.222. The lowest BCUT2D eigenvalue weighted by molar-refractivity contribution is 0.102. The van der Waals surface area contributed by atoms with Crippen molar-refractivity contribution in [2.45, 2.75) is 6.92 Å². The van der Waals surface area contributed by atoms with Gasteiger partial charge in [0.25, 0.3) is 0 Å². The molecular weight excluding hydrogens is 193 g/mol. The number of ketones is 1. The molecule has 1 aromatic carbocycles. The Balaban J connectivity index is 3.23. The number of halogens is 2. The minimum Gasteiger partial charge on any atom is -0.396 e. The number of hydrogen-bond acceptors (Lipinski definition) is 2. The van der Waals surface area contributed by atoms with Crippen molar-refractivity contribution >= 4 is 23.1 Å². The molecule has 0 heterocycles. The highest BCUT2D eigenvalue weighted by atomic mass is 35.5. The quantitative estimate of drug-likeness (QED) is 0.453. The van der Waals surface area contributed by atoms with Crippen LogP contribution in [0.4, 0.5) is 10.1 Å². The SMILES string of the molecule is Cc1cc(N)c(F)cc1C(=O)CCl. The van der Waals surface area contributed by atoms with Crippen LogP contribution < -0.4 is 5.73 Å². The molecule has 0 saturated carbocycles. The van der Waals surface area contributed by atoms with E-state index in [2.05, 4.69) is 0 Å². The molecule has 4 heteroatoms. The van der Waals surface area contributed by atoms with E-state index in [1.54, 1.807) is 6.92 Å². The van der Waals surface area contributed by atoms with Crippen LogP contribution in [-0.4, -0.2) is 11.7 Å². The lowest BCUT2D eigenvalue weighted by Crippen LogP contribution is -2.05. The van der Waals surface area contributed by atoms with Crippen LogP contribution in [0.15, 0.2) is 12.1 Å². The smallest absolute Gasteiger partial charge is 0.177 e. The number of Topliss-reactive ketones (excluding diaryl/α,β-unsaturated/α-hetero) is 1. The maximum atomic E-state index is 12.9. The fourth-order valence-corrected chi connectivity index (χ4v) is 1.22. The zero-order chi connectivity index (χ0) is 10.0. The highest BCUT2D eigenvalue weighted by Gasteiger charge is 2.10. The van der Waals surface area contributed by atoms with E-state index in [9.17, 15) is 9.18 Å². The first-order valence-corrected chi connectivity index (χ1v) is 4.24. The Morgan fingerprint density at radius 1 is 1.62 bits per heavy atom. The summed E-state index contributed by atoms with van der Waals surface area (Å²) in [5, 5.41) is 0. The summed E-state index contributed by atoms with van der Waals surface area (Å²) in [7, 11) is 0. The number of hydrogen-bond donors (Lipinski definition) is 1. The average molecular weight is 202 g/mol. The van der Waals surface area contributed by atoms with E-state index >= 15 is 0 Å². The van der Waals surface area contributed by atoms with Crippen molar-refractivity contribution in [3.63, 3.8) is 0 Å². The molecule has 1 rings (SSSR count). The van der Waals surface area contributed by atoms with Gasteiger partial charge in [0.1, 0.15) is 5.82 Å². The van der Waals surface area contributed by atoms with E-state index in [0.29, 0.717) is 11.1 Å². The lowest BCUT2D eigenvalue weighted by atomic mass is 10.0. The molecule has 0 fully saturated rings. The number of nitrogens with two attached hydrogens (primary N) is 1. The van der Waals surface area contributed by atoms with Gasteiger partial charge in [0, 0.05) is 5.56 Å². The number of carbonyl (C=O) groups excluding carboxylic acids is 1. The summed E-state index contributed by atoms with van der Waals surface area (Å²) < 4.78 is 12.9. The van der Waals surface area contributed by atoms with Crippen molar-refractivity contribution in [1.29, 1.82) is 0 Å². The molecular formula is C9H9ClFNO. The number of benzene rings is 1. The topological polar surface area (TPSA) is 43.1 Å². The van der Waals surface area contributed by atoms with Crippen LogP contribution in [0, 0.1) is 12.7 Å². The van der Waals surface area contributed by atoms with E-state index in [4.69, 9.17) is 17.3 Å². The molecule has 1 aromatic rings. The minimum absolute atomic E-state index is 0.0450. The Morgan fingerprint density at radius 2 is 2.23 bits per heavy atom. The molecule has 0 aliphatic carbocycles. The third kappa shape index (κ3) is 1.98. The van der Waals surface area contributed by atoms with Gasteiger partial charge in [-0.15, -0.1) is 11.6 Å². The summed E-state index contributed by atoms with van der Waals surface area (Å²) in [5.74, 6) is -1.03. The third-order valence-electron chi connectivity index (χ3n) is 1.77. The zero-order valence-corrected chi connectivity index (χ0v) is 7.86. The largest absolute Gasteiger partial charge is 0.396 e. The van der Waals surface area contributed by atoms with Crippen molar-refractivity contribution in [3.05, 3.63) is 29.1 Å². The first kappa shape index (κ1) is 9.99. The number of nitrogen functional groups attached to an aromatic ring is 1. The molecule has 0 aliphatic heterocycles. The van der Waals surface area contributed by atoms with Gasteiger partial charge in [-0.2, -0.15) is 0 Å². The predicted molar refractivity (Wildman–Crippen MR) is 50.6 cm³/mol. The van der Waals surface area contributed by atoms with Gasteiger partial charge in [-0.3, -0.25) is 4.79 Å². The Kier molecular flexibility index (Phi) is 2.88. The normalized spacial score (nSPS) is 10.1. The Labute approximate surface area is 80.5 Å². The van der Waals surface area contributed by atoms with Crippen molar-refractivity contribution in [1.82, 2.24) is 0 Å². The van der Waals surface area contributed by atoms with E-state index < -0.39 is 5.82 Å². The maximum absolute atomic E-state index is 12.9. The van der Waals surface area contributed by atoms with E-state index in [0.717, 1.165) is 6.07 Å². The molecule has 0 saturated heterocycles. The second kappa shape index (κ2) is 3.75. The van der Waals surface area contributed by atoms with Gasteiger partial charge in [-0.1, -0.05) is 0 Å². The molecule has 2 N–H and O–H groups in total. The van der Waals surface area contributed by atoms with Crippen LogP contribution in [0.3, 0.4) is 0 Å². The zero-order valence-electron chi connectivity index (χ0n) is 7.10. The highest BCUT2D eigenvalue weighted by Crippen LogP contribution is 2.17. The van der Waals surface area contributed by atoms with Crippen molar-refractivity contribution < 1.29 is 9.18 Å². The van der Waals surface area contributed by atoms with E-state index in [1.165, 1.54) is 6.07 Å². The summed E-state index contributed by atoms with van der Waals surface area (Å²) in [6, 6.07) is 2.55. The van der Waals surface area contributed by atoms with Gasteiger partial charge >= 0.3 is 0 Å². The molecule has 0 radical (unpaired) electrons. The molecule has 0 spiro atoms. The van der Waals surface area contributed by atoms with Gasteiger partial charge in [-0.05, 0) is 24.6 Å². The Morgan fingerprint density at radius 3 is 2.77 bits per heavy atom. The Bertz CT molecular complexity index is 352. The van der Waals surface area contributed by atoms with Crippen LogP contribution in [0.5, 0.6) is 0 Å². The van der Waals surface area contributed by atoms with Crippen LogP contribution in [0.2, 0.25) is 0 Å². The van der Waals surface area contributed by atoms with Gasteiger partial charge in [0.05, 0.1) is 11.6 Å². The fourth-order valence-electron chi connectivity index (χ4n) is 1.08. The minimum atomic E-state index is -0.584. The first-order valence-electron chi connectivity index (χ1n) is 3.71. The molecule has 0 bridgehead atoms. The highest BCUT2D eigenvalue weighted by molar-refractivity contribution is 6.30. The molecule has 0 unspecified atom stereocenters. The van der Waals surface area contributed by atoms with E-state index in [1.807, 2.05) is 0 Å². The molecule has 0 amide bonds. The van der Waals surface area contributed by atoms with Gasteiger partial charge in [-0.25, -0.2) is 4.39 Å². The Hall–Kier alpha value is -1.09. The monoisotopic (exact) mass is 201 g/mol. The lowest BCUT2D eigenvalue weighted by Gasteiger charge is -2.04. The summed E-state index contributed by atoms with van der Waals surface area (Å²) >= 11 is 5.35. The number of anilines is 1. The maximum Gasteiger partial charge on any atom is 0.177 e. The third-order valence-corrected chi connectivity index (χ3v) is 2.01. The van der Waals surface area contributed by atoms with Gasteiger partial charge in [0.15, 0.2) is 5.78 Å². The molecule has 0 aliphatic rings. The number of carbonyl (C=O) groups is 1. The summed E-state index contributed by atoms with van der Waals surface area (Å²) in [6.07, 6.45) is 0. The molecule has 70 valence electrons. The number of aryl methyl sites for hydroxylation is 1. The summed E-state index contributed by atoms with van der Waals surface area (Å²) in [6.45, 7) is 1.69. The summed E-state index contributed by atoms with van der Waals surface area (Å²) in [5.41, 5.74) is 6.29. The van der Waals surface area contributed by atoms with Crippen LogP contribution >= 0.6 is 11.6 Å². The van der Waals surface area contributed by atoms with Crippen LogP contribution in [-0.2, 0) is 0 Å². The van der Waals surface area contributed by atoms with Crippen LogP contribution in [0.1, 0.15) is 15.9 Å². The van der Waals surface area contributed by atoms with Crippen molar-refractivity contribution in [3.8, 4) is 0 Å². The van der Waals surface area contributed by atoms with Gasteiger partial charge < -0.3 is 5.73 Å². The molecule has 0 aromatic heterocycles. The second-order valence-corrected chi connectivity index (χ2v) is 3.01. The molecule has 0 atom stereocenters. The van der Waals surface area contributed by atoms with Crippen molar-refractivity contribution in [2.75, 3.05) is 11.6 Å². The predicted octanol–water partition coefficient (Wildman–Crippen LogP) is 2.14. The van der Waals surface area contributed by atoms with E-state index in [-0.39, 0.29) is 17.4 Å². The number of alkyl halides is 1. The standard InChI is InChI=1S/C9H9ClFNO/c1-5-2-8(12)7(11)3-6(5)9(13)4-10/h2-3H,4,12H2,1H3. The van der Waals surface area contributed by atoms with Crippen LogP contribution in [0.25, 0.3) is 0 Å². The second-order valence-electron chi connectivity index (χ2n) is 2.75. The number of rotatable bonds is 2. The van der Waals surface area contributed by atoms with Crippen molar-refractivity contribution in [2.24, 2.45) is 0 Å². The summed E-state index contributed by atoms with van der Waals surface area (Å²) in [4.78, 5) is 11.2. The average Bonchev–Trinajstić information content (AvgIpc) is 2.10. The van der Waals surface area contributed by atoms with Gasteiger partial charge in [0.2, 0.25) is 0 Å².